The molecule has 2 heterocycles. The van der Waals surface area contributed by atoms with Gasteiger partial charge in [-0.1, -0.05) is 6.07 Å². The average molecular weight is 362 g/mol. The zero-order chi connectivity index (χ0) is 18.0. The van der Waals surface area contributed by atoms with Gasteiger partial charge in [0.2, 0.25) is 6.79 Å². The number of hydrogen-bond donors (Lipinski definition) is 1. The third kappa shape index (κ3) is 3.90. The van der Waals surface area contributed by atoms with Crippen molar-refractivity contribution in [1.82, 2.24) is 10.3 Å². The molecule has 0 fully saturated rings. The second-order valence-electron chi connectivity index (χ2n) is 5.63. The number of esters is 1. The summed E-state index contributed by atoms with van der Waals surface area (Å²) in [6, 6.07) is 5.22. The minimum absolute atomic E-state index is 0.200. The van der Waals surface area contributed by atoms with Gasteiger partial charge < -0.3 is 19.5 Å². The third-order valence-corrected chi connectivity index (χ3v) is 4.75. The van der Waals surface area contributed by atoms with E-state index in [0.717, 1.165) is 10.6 Å². The fraction of sp³-hybridized carbons (Fsp3) is 0.353. The van der Waals surface area contributed by atoms with E-state index < -0.39 is 5.97 Å². The highest BCUT2D eigenvalue weighted by molar-refractivity contribution is 7.13. The minimum Gasteiger partial charge on any atom is -0.454 e. The molecule has 1 aromatic heterocycles. The number of thiazole rings is 1. The average Bonchev–Trinajstić information content (AvgIpc) is 3.17. The van der Waals surface area contributed by atoms with Gasteiger partial charge in [-0.3, -0.25) is 4.79 Å². The van der Waals surface area contributed by atoms with Gasteiger partial charge in [-0.25, -0.2) is 9.78 Å². The van der Waals surface area contributed by atoms with E-state index in [4.69, 9.17) is 14.2 Å². The highest BCUT2D eigenvalue weighted by Crippen LogP contribution is 2.34. The Morgan fingerprint density at radius 3 is 2.80 bits per heavy atom. The molecule has 0 radical (unpaired) electrons. The molecule has 1 amide bonds. The summed E-state index contributed by atoms with van der Waals surface area (Å²) in [4.78, 5) is 28.6. The monoisotopic (exact) mass is 362 g/mol. The fourth-order valence-corrected chi connectivity index (χ4v) is 3.28. The summed E-state index contributed by atoms with van der Waals surface area (Å²) < 4.78 is 15.7. The van der Waals surface area contributed by atoms with E-state index in [2.05, 4.69) is 10.3 Å². The van der Waals surface area contributed by atoms with E-state index in [9.17, 15) is 9.59 Å². The summed E-state index contributed by atoms with van der Waals surface area (Å²) in [7, 11) is 0. The molecule has 0 aliphatic carbocycles. The number of hydrogen-bond acceptors (Lipinski definition) is 7. The topological polar surface area (TPSA) is 86.8 Å². The van der Waals surface area contributed by atoms with Gasteiger partial charge in [0.25, 0.3) is 5.91 Å². The lowest BCUT2D eigenvalue weighted by Crippen LogP contribution is -2.31. The molecule has 0 spiro atoms. The Morgan fingerprint density at radius 1 is 1.32 bits per heavy atom. The normalized spacial score (nSPS) is 13.4. The van der Waals surface area contributed by atoms with Crippen LogP contribution >= 0.6 is 11.3 Å². The van der Waals surface area contributed by atoms with Crippen molar-refractivity contribution in [3.05, 3.63) is 39.3 Å². The number of ether oxygens (including phenoxy) is 3. The fourth-order valence-electron chi connectivity index (χ4n) is 2.47. The molecule has 8 heteroatoms. The maximum atomic E-state index is 12.0. The molecule has 1 atom stereocenters. The quantitative estimate of drug-likeness (QED) is 0.823. The van der Waals surface area contributed by atoms with Gasteiger partial charge in [0.1, 0.15) is 4.88 Å². The largest absolute Gasteiger partial charge is 0.454 e. The second-order valence-corrected chi connectivity index (χ2v) is 6.83. The van der Waals surface area contributed by atoms with Crippen molar-refractivity contribution in [1.29, 1.82) is 0 Å². The van der Waals surface area contributed by atoms with Crippen LogP contribution in [0.5, 0.6) is 11.5 Å². The van der Waals surface area contributed by atoms with E-state index in [1.165, 1.54) is 11.3 Å². The van der Waals surface area contributed by atoms with E-state index >= 15 is 0 Å². The summed E-state index contributed by atoms with van der Waals surface area (Å²) in [5.41, 5.74) is 1.49. The standard InChI is InChI=1S/C17H18N2O5S/c1-9(12-4-5-13-14(6-12)24-8-23-13)19-15(20)7-22-17(21)16-10(2)18-11(3)25-16/h4-6,9H,7-8H2,1-3H3,(H,19,20)/t9-/m1/s1. The molecule has 1 aliphatic rings. The van der Waals surface area contributed by atoms with Gasteiger partial charge in [0, 0.05) is 0 Å². The lowest BCUT2D eigenvalue weighted by Gasteiger charge is -2.14. The predicted octanol–water partition coefficient (Wildman–Crippen LogP) is 2.52. The van der Waals surface area contributed by atoms with Crippen molar-refractivity contribution in [3.8, 4) is 11.5 Å². The van der Waals surface area contributed by atoms with Crippen LogP contribution in [-0.2, 0) is 9.53 Å². The van der Waals surface area contributed by atoms with E-state index in [0.29, 0.717) is 22.1 Å². The predicted molar refractivity (Wildman–Crippen MR) is 91.0 cm³/mol. The summed E-state index contributed by atoms with van der Waals surface area (Å²) in [6.45, 7) is 5.25. The number of amides is 1. The molecule has 132 valence electrons. The number of benzene rings is 1. The molecule has 1 N–H and O–H groups in total. The maximum Gasteiger partial charge on any atom is 0.350 e. The van der Waals surface area contributed by atoms with Gasteiger partial charge in [0.15, 0.2) is 18.1 Å². The minimum atomic E-state index is -0.533. The Hall–Kier alpha value is -2.61. The first-order valence-corrected chi connectivity index (χ1v) is 8.55. The SMILES string of the molecule is Cc1nc(C)c(C(=O)OCC(=O)N[C@H](C)c2ccc3c(c2)OCO3)s1. The lowest BCUT2D eigenvalue weighted by atomic mass is 10.1. The van der Waals surface area contributed by atoms with E-state index in [1.54, 1.807) is 13.0 Å². The summed E-state index contributed by atoms with van der Waals surface area (Å²) in [6.07, 6.45) is 0. The van der Waals surface area contributed by atoms with Crippen LogP contribution in [0.4, 0.5) is 0 Å². The number of aromatic nitrogens is 1. The molecule has 1 aromatic carbocycles. The van der Waals surface area contributed by atoms with Crippen molar-refractivity contribution in [2.24, 2.45) is 0 Å². The summed E-state index contributed by atoms with van der Waals surface area (Å²) >= 11 is 1.25. The Morgan fingerprint density at radius 2 is 2.08 bits per heavy atom. The Balaban J connectivity index is 1.53. The molecule has 2 aromatic rings. The van der Waals surface area contributed by atoms with Crippen LogP contribution in [0.3, 0.4) is 0 Å². The van der Waals surface area contributed by atoms with Crippen LogP contribution in [0, 0.1) is 13.8 Å². The number of carbonyl (C=O) groups is 2. The number of nitrogens with zero attached hydrogens (tertiary/aromatic N) is 1. The van der Waals surface area contributed by atoms with Crippen LogP contribution in [-0.4, -0.2) is 30.3 Å². The molecule has 25 heavy (non-hydrogen) atoms. The van der Waals surface area contributed by atoms with Crippen LogP contribution in [0.1, 0.15) is 38.9 Å². The van der Waals surface area contributed by atoms with Crippen LogP contribution < -0.4 is 14.8 Å². The van der Waals surface area contributed by atoms with Gasteiger partial charge in [-0.15, -0.1) is 11.3 Å². The van der Waals surface area contributed by atoms with Crippen molar-refractivity contribution >= 4 is 23.2 Å². The van der Waals surface area contributed by atoms with Crippen molar-refractivity contribution in [3.63, 3.8) is 0 Å². The zero-order valence-electron chi connectivity index (χ0n) is 14.1. The smallest absolute Gasteiger partial charge is 0.350 e. The lowest BCUT2D eigenvalue weighted by molar-refractivity contribution is -0.124. The first kappa shape index (κ1) is 17.2. The third-order valence-electron chi connectivity index (χ3n) is 3.70. The molecular formula is C17H18N2O5S. The Labute approximate surface area is 148 Å². The Kier molecular flexibility index (Phi) is 4.89. The second kappa shape index (κ2) is 7.10. The first-order chi connectivity index (χ1) is 11.9. The molecule has 0 unspecified atom stereocenters. The number of nitrogens with one attached hydrogen (secondary N) is 1. The molecule has 3 rings (SSSR count). The number of rotatable bonds is 5. The number of carbonyl (C=O) groups excluding carboxylic acids is 2. The molecular weight excluding hydrogens is 344 g/mol. The number of fused-ring (bicyclic) bond motifs is 1. The Bertz CT molecular complexity index is 817. The highest BCUT2D eigenvalue weighted by Gasteiger charge is 2.19. The molecule has 0 saturated heterocycles. The van der Waals surface area contributed by atoms with Crippen LogP contribution in [0.15, 0.2) is 18.2 Å². The van der Waals surface area contributed by atoms with E-state index in [-0.39, 0.29) is 25.3 Å². The molecule has 1 aliphatic heterocycles. The summed E-state index contributed by atoms with van der Waals surface area (Å²) in [5.74, 6) is 0.430. The number of aryl methyl sites for hydroxylation is 2. The van der Waals surface area contributed by atoms with Crippen molar-refractivity contribution < 1.29 is 23.8 Å². The molecule has 7 nitrogen and oxygen atoms in total. The summed E-state index contributed by atoms with van der Waals surface area (Å²) in [5, 5.41) is 3.57. The maximum absolute atomic E-state index is 12.0. The highest BCUT2D eigenvalue weighted by atomic mass is 32.1. The molecule has 0 bridgehead atoms. The van der Waals surface area contributed by atoms with Crippen LogP contribution in [0.2, 0.25) is 0 Å². The zero-order valence-corrected chi connectivity index (χ0v) is 14.9. The van der Waals surface area contributed by atoms with E-state index in [1.807, 2.05) is 26.0 Å². The van der Waals surface area contributed by atoms with Crippen molar-refractivity contribution in [2.75, 3.05) is 13.4 Å². The van der Waals surface area contributed by atoms with Gasteiger partial charge in [0.05, 0.1) is 16.7 Å². The molecule has 0 saturated carbocycles. The van der Waals surface area contributed by atoms with Gasteiger partial charge in [-0.2, -0.15) is 0 Å². The van der Waals surface area contributed by atoms with Crippen molar-refractivity contribution in [2.45, 2.75) is 26.8 Å². The van der Waals surface area contributed by atoms with Gasteiger partial charge in [-0.05, 0) is 38.5 Å². The van der Waals surface area contributed by atoms with Gasteiger partial charge >= 0.3 is 5.97 Å². The van der Waals surface area contributed by atoms with Crippen LogP contribution in [0.25, 0.3) is 0 Å². The first-order valence-electron chi connectivity index (χ1n) is 7.74.